The minimum absolute atomic E-state index is 0.0127. The van der Waals surface area contributed by atoms with Gasteiger partial charge in [-0.1, -0.05) is 20.4 Å². The summed E-state index contributed by atoms with van der Waals surface area (Å²) in [5.74, 6) is 0.0906. The molecule has 7 nitrogen and oxygen atoms in total. The maximum atomic E-state index is 12.7. The molecule has 2 fully saturated rings. The fourth-order valence-electron chi connectivity index (χ4n) is 3.29. The Labute approximate surface area is 162 Å². The summed E-state index contributed by atoms with van der Waals surface area (Å²) in [5.41, 5.74) is -0.816. The van der Waals surface area contributed by atoms with Crippen molar-refractivity contribution in [1.82, 2.24) is 10.2 Å². The highest BCUT2D eigenvalue weighted by Gasteiger charge is 2.48. The standard InChI is InChI=1S/C19H31N3O4S/c1-13(2)11-27(24,25)15-9-16(14(3)21-19(12-20)7-8-19)22(10-15)17(23)26-18(4,5)6/h13,15-16,21H,3,7-11H2,1-2,4-6H3/t15-,16+/m1/s1. The SMILES string of the molecule is C=C(NC1(C#N)CC1)[C@@H]1C[C@@H](S(=O)(=O)CC(C)C)CN1C(=O)OC(C)(C)C. The molecule has 8 heteroatoms. The summed E-state index contributed by atoms with van der Waals surface area (Å²) in [4.78, 5) is 14.1. The lowest BCUT2D eigenvalue weighted by Gasteiger charge is -2.30. The van der Waals surface area contributed by atoms with Crippen LogP contribution >= 0.6 is 0 Å². The maximum Gasteiger partial charge on any atom is 0.410 e. The van der Waals surface area contributed by atoms with Crippen LogP contribution in [0.2, 0.25) is 0 Å². The molecule has 27 heavy (non-hydrogen) atoms. The smallest absolute Gasteiger partial charge is 0.410 e. The molecule has 0 aromatic rings. The third-order valence-electron chi connectivity index (χ3n) is 4.73. The molecule has 1 saturated carbocycles. The monoisotopic (exact) mass is 397 g/mol. The fraction of sp³-hybridized carbons (Fsp3) is 0.789. The molecule has 152 valence electrons. The number of hydrogen-bond donors (Lipinski definition) is 1. The third-order valence-corrected chi connectivity index (χ3v) is 7.22. The van der Waals surface area contributed by atoms with Gasteiger partial charge >= 0.3 is 6.09 Å². The third kappa shape index (κ3) is 5.38. The molecule has 1 heterocycles. The molecule has 1 aliphatic carbocycles. The molecule has 0 aromatic heterocycles. The van der Waals surface area contributed by atoms with Crippen LogP contribution in [0, 0.1) is 17.2 Å². The van der Waals surface area contributed by atoms with Crippen molar-refractivity contribution in [2.75, 3.05) is 12.3 Å². The van der Waals surface area contributed by atoms with E-state index in [9.17, 15) is 18.5 Å². The molecule has 1 N–H and O–H groups in total. The first-order valence-electron chi connectivity index (χ1n) is 9.38. The fourth-order valence-corrected chi connectivity index (χ4v) is 5.36. The van der Waals surface area contributed by atoms with Crippen LogP contribution in [0.5, 0.6) is 0 Å². The highest BCUT2D eigenvalue weighted by Crippen LogP contribution is 2.37. The van der Waals surface area contributed by atoms with E-state index in [2.05, 4.69) is 18.0 Å². The highest BCUT2D eigenvalue weighted by molar-refractivity contribution is 7.92. The normalized spacial score (nSPS) is 24.4. The molecular weight excluding hydrogens is 366 g/mol. The van der Waals surface area contributed by atoms with Crippen molar-refractivity contribution in [2.24, 2.45) is 5.92 Å². The van der Waals surface area contributed by atoms with E-state index in [1.54, 1.807) is 20.8 Å². The summed E-state index contributed by atoms with van der Waals surface area (Å²) in [7, 11) is -3.35. The highest BCUT2D eigenvalue weighted by atomic mass is 32.2. The van der Waals surface area contributed by atoms with E-state index in [4.69, 9.17) is 4.74 Å². The topological polar surface area (TPSA) is 99.5 Å². The first kappa shape index (κ1) is 21.5. The minimum Gasteiger partial charge on any atom is -0.444 e. The number of sulfone groups is 1. The summed E-state index contributed by atoms with van der Waals surface area (Å²) in [5, 5.41) is 11.8. The van der Waals surface area contributed by atoms with Gasteiger partial charge in [-0.3, -0.25) is 4.90 Å². The van der Waals surface area contributed by atoms with Gasteiger partial charge in [0.1, 0.15) is 11.1 Å². The molecule has 0 unspecified atom stereocenters. The van der Waals surface area contributed by atoms with Crippen LogP contribution in [0.25, 0.3) is 0 Å². The number of likely N-dealkylation sites (tertiary alicyclic amines) is 1. The van der Waals surface area contributed by atoms with E-state index in [1.165, 1.54) is 4.90 Å². The second kappa shape index (κ2) is 7.34. The number of nitriles is 1. The van der Waals surface area contributed by atoms with E-state index in [0.717, 1.165) is 12.8 Å². The minimum atomic E-state index is -3.35. The number of amides is 1. The van der Waals surface area contributed by atoms with Gasteiger partial charge in [0.25, 0.3) is 0 Å². The molecule has 2 atom stereocenters. The number of rotatable bonds is 6. The van der Waals surface area contributed by atoms with Gasteiger partial charge in [0.05, 0.1) is 23.1 Å². The first-order valence-corrected chi connectivity index (χ1v) is 11.1. The Morgan fingerprint density at radius 3 is 2.44 bits per heavy atom. The molecule has 0 radical (unpaired) electrons. The number of ether oxygens (including phenoxy) is 1. The lowest BCUT2D eigenvalue weighted by Crippen LogP contribution is -2.45. The van der Waals surface area contributed by atoms with Crippen molar-refractivity contribution in [3.8, 4) is 6.07 Å². The van der Waals surface area contributed by atoms with E-state index >= 15 is 0 Å². The Balaban J connectivity index is 2.22. The zero-order chi connectivity index (χ0) is 20.6. The quantitative estimate of drug-likeness (QED) is 0.739. The first-order chi connectivity index (χ1) is 12.3. The van der Waals surface area contributed by atoms with E-state index in [0.29, 0.717) is 5.70 Å². The van der Waals surface area contributed by atoms with Gasteiger partial charge in [-0.25, -0.2) is 13.2 Å². The van der Waals surface area contributed by atoms with Gasteiger partial charge in [0.2, 0.25) is 0 Å². The Hall–Kier alpha value is -1.75. The van der Waals surface area contributed by atoms with Gasteiger partial charge in [-0.2, -0.15) is 5.26 Å². The predicted molar refractivity (Wildman–Crippen MR) is 104 cm³/mol. The summed E-state index contributed by atoms with van der Waals surface area (Å²) in [6.45, 7) is 13.1. The van der Waals surface area contributed by atoms with Crippen LogP contribution in [-0.4, -0.2) is 54.1 Å². The Morgan fingerprint density at radius 1 is 1.41 bits per heavy atom. The molecule has 0 aromatic carbocycles. The average Bonchev–Trinajstić information content (AvgIpc) is 3.09. The number of carbonyl (C=O) groups excluding carboxylic acids is 1. The molecule has 1 saturated heterocycles. The second-order valence-corrected chi connectivity index (χ2v) is 11.4. The average molecular weight is 398 g/mol. The van der Waals surface area contributed by atoms with Gasteiger partial charge < -0.3 is 10.1 Å². The largest absolute Gasteiger partial charge is 0.444 e. The van der Waals surface area contributed by atoms with Crippen molar-refractivity contribution >= 4 is 15.9 Å². The second-order valence-electron chi connectivity index (χ2n) is 9.07. The zero-order valence-corrected chi connectivity index (χ0v) is 17.7. The van der Waals surface area contributed by atoms with Crippen molar-refractivity contribution in [3.05, 3.63) is 12.3 Å². The Morgan fingerprint density at radius 2 is 2.00 bits per heavy atom. The van der Waals surface area contributed by atoms with Crippen LogP contribution in [-0.2, 0) is 14.6 Å². The van der Waals surface area contributed by atoms with Crippen LogP contribution in [0.3, 0.4) is 0 Å². The molecule has 2 aliphatic rings. The molecular formula is C19H31N3O4S. The number of hydrogen-bond acceptors (Lipinski definition) is 6. The van der Waals surface area contributed by atoms with Crippen molar-refractivity contribution in [3.63, 3.8) is 0 Å². The molecule has 0 spiro atoms. The molecule has 0 bridgehead atoms. The number of nitrogens with one attached hydrogen (secondary N) is 1. The maximum absolute atomic E-state index is 12.7. The zero-order valence-electron chi connectivity index (χ0n) is 16.9. The van der Waals surface area contributed by atoms with Gasteiger partial charge in [0, 0.05) is 12.2 Å². The van der Waals surface area contributed by atoms with Crippen molar-refractivity contribution < 1.29 is 17.9 Å². The molecule has 2 rings (SSSR count). The number of carbonyl (C=O) groups is 1. The number of nitrogens with zero attached hydrogens (tertiary/aromatic N) is 2. The Bertz CT molecular complexity index is 742. The lowest BCUT2D eigenvalue weighted by atomic mass is 10.1. The summed E-state index contributed by atoms with van der Waals surface area (Å²) in [6.07, 6.45) is 1.15. The van der Waals surface area contributed by atoms with Crippen LogP contribution in [0.1, 0.15) is 53.9 Å². The predicted octanol–water partition coefficient (Wildman–Crippen LogP) is 2.59. The van der Waals surface area contributed by atoms with Gasteiger partial charge in [-0.15, -0.1) is 0 Å². The van der Waals surface area contributed by atoms with Gasteiger partial charge in [-0.05, 0) is 46.0 Å². The molecule has 1 aliphatic heterocycles. The Kier molecular flexibility index (Phi) is 5.86. The van der Waals surface area contributed by atoms with Gasteiger partial charge in [0.15, 0.2) is 9.84 Å². The van der Waals surface area contributed by atoms with Crippen molar-refractivity contribution in [2.45, 2.75) is 76.3 Å². The van der Waals surface area contributed by atoms with Crippen LogP contribution in [0.15, 0.2) is 12.3 Å². The summed E-state index contributed by atoms with van der Waals surface area (Å²) in [6, 6.07) is 1.72. The van der Waals surface area contributed by atoms with Crippen molar-refractivity contribution in [1.29, 1.82) is 5.26 Å². The lowest BCUT2D eigenvalue weighted by molar-refractivity contribution is 0.0245. The van der Waals surface area contributed by atoms with Crippen LogP contribution in [0.4, 0.5) is 4.79 Å². The summed E-state index contributed by atoms with van der Waals surface area (Å²) >= 11 is 0. The van der Waals surface area contributed by atoms with E-state index in [1.807, 2.05) is 13.8 Å². The van der Waals surface area contributed by atoms with Crippen LogP contribution < -0.4 is 5.32 Å². The molecule has 1 amide bonds. The summed E-state index contributed by atoms with van der Waals surface area (Å²) < 4.78 is 30.9. The van der Waals surface area contributed by atoms with E-state index in [-0.39, 0.29) is 24.6 Å². The van der Waals surface area contributed by atoms with E-state index < -0.39 is 38.4 Å².